The maximum Gasteiger partial charge on any atom is 0.573 e. The second-order valence-electron chi connectivity index (χ2n) is 7.74. The molecular weight excluding hydrogens is 439 g/mol. The number of H-pyrrole nitrogens is 1. The Labute approximate surface area is 186 Å². The number of carboxylic acid groups (broad SMARTS) is 1. The predicted molar refractivity (Wildman–Crippen MR) is 116 cm³/mol. The van der Waals surface area contributed by atoms with Crippen LogP contribution in [0.1, 0.15) is 43.8 Å². The van der Waals surface area contributed by atoms with Gasteiger partial charge in [-0.1, -0.05) is 31.4 Å². The molecule has 1 aliphatic carbocycles. The molecule has 174 valence electrons. The van der Waals surface area contributed by atoms with Crippen LogP contribution in [0, 0.1) is 0 Å². The van der Waals surface area contributed by atoms with Crippen LogP contribution in [0.2, 0.25) is 0 Å². The van der Waals surface area contributed by atoms with E-state index in [-0.39, 0.29) is 17.7 Å². The minimum atomic E-state index is -4.77. The van der Waals surface area contributed by atoms with Crippen molar-refractivity contribution in [3.05, 3.63) is 42.5 Å². The van der Waals surface area contributed by atoms with Gasteiger partial charge in [-0.25, -0.2) is 9.97 Å². The predicted octanol–water partition coefficient (Wildman–Crippen LogP) is 5.11. The van der Waals surface area contributed by atoms with Crippen molar-refractivity contribution in [2.75, 3.05) is 5.73 Å². The summed E-state index contributed by atoms with van der Waals surface area (Å²) in [4.78, 5) is 20.5. The van der Waals surface area contributed by atoms with Crippen molar-refractivity contribution in [2.45, 2.75) is 44.4 Å². The summed E-state index contributed by atoms with van der Waals surface area (Å²) >= 11 is 0. The Balaban J connectivity index is 0.000000821. The van der Waals surface area contributed by atoms with E-state index in [0.29, 0.717) is 34.0 Å². The first-order valence-electron chi connectivity index (χ1n) is 10.4. The normalized spacial score (nSPS) is 14.8. The number of ether oxygens (including phenoxy) is 1. The molecule has 0 atom stereocenters. The number of aromatic nitrogens is 4. The van der Waals surface area contributed by atoms with Gasteiger partial charge in [-0.3, -0.25) is 9.20 Å². The highest BCUT2D eigenvalue weighted by Gasteiger charge is 2.32. The van der Waals surface area contributed by atoms with Crippen molar-refractivity contribution in [1.82, 2.24) is 19.4 Å². The monoisotopic (exact) mass is 461 g/mol. The Kier molecular flexibility index (Phi) is 6.12. The Bertz CT molecular complexity index is 1280. The number of benzene rings is 1. The molecule has 0 spiro atoms. The van der Waals surface area contributed by atoms with Crippen molar-refractivity contribution < 1.29 is 27.8 Å². The molecular formula is C22H22F3N5O3. The van der Waals surface area contributed by atoms with E-state index in [1.807, 2.05) is 10.6 Å². The van der Waals surface area contributed by atoms with Crippen LogP contribution in [-0.2, 0) is 4.79 Å². The van der Waals surface area contributed by atoms with Gasteiger partial charge in [-0.05, 0) is 25.0 Å². The fraction of sp³-hybridized carbons (Fsp3) is 0.318. The van der Waals surface area contributed by atoms with Gasteiger partial charge in [-0.2, -0.15) is 0 Å². The van der Waals surface area contributed by atoms with E-state index in [0.717, 1.165) is 31.5 Å². The number of hydrogen-bond acceptors (Lipinski definition) is 5. The van der Waals surface area contributed by atoms with Crippen molar-refractivity contribution in [2.24, 2.45) is 0 Å². The van der Waals surface area contributed by atoms with Crippen LogP contribution in [0.5, 0.6) is 5.75 Å². The molecule has 33 heavy (non-hydrogen) atoms. The van der Waals surface area contributed by atoms with Gasteiger partial charge in [0.05, 0.1) is 11.2 Å². The molecule has 1 aliphatic rings. The standard InChI is InChI=1S/C21H20F3N5O.CH2O2/c22-21(23,24)30-15-8-4-7-13-11-14(27-16(13)15)17-18-19(25)26-9-10-29(18)20(28-17)12-5-2-1-3-6-12;2-1-3/h4,7-12,27H,1-3,5-6H2,(H2,25,26);1H,(H,2,3). The highest BCUT2D eigenvalue weighted by atomic mass is 19.4. The Morgan fingerprint density at radius 2 is 1.97 bits per heavy atom. The fourth-order valence-electron chi connectivity index (χ4n) is 4.39. The maximum absolute atomic E-state index is 12.8. The molecule has 0 saturated heterocycles. The molecule has 0 amide bonds. The molecule has 0 aliphatic heterocycles. The van der Waals surface area contributed by atoms with Crippen LogP contribution < -0.4 is 10.5 Å². The molecule has 0 bridgehead atoms. The zero-order chi connectivity index (χ0) is 23.6. The summed E-state index contributed by atoms with van der Waals surface area (Å²) in [5.41, 5.74) is 8.25. The van der Waals surface area contributed by atoms with E-state index < -0.39 is 6.36 Å². The van der Waals surface area contributed by atoms with Crippen LogP contribution in [0.15, 0.2) is 36.7 Å². The lowest BCUT2D eigenvalue weighted by molar-refractivity contribution is -0.274. The molecule has 1 aromatic carbocycles. The minimum Gasteiger partial charge on any atom is -0.483 e. The molecule has 1 saturated carbocycles. The van der Waals surface area contributed by atoms with E-state index >= 15 is 0 Å². The number of carbonyl (C=O) groups is 1. The molecule has 1 fully saturated rings. The molecule has 4 aromatic rings. The third-order valence-corrected chi connectivity index (χ3v) is 5.68. The van der Waals surface area contributed by atoms with E-state index in [9.17, 15) is 13.2 Å². The number of alkyl halides is 3. The number of imidazole rings is 1. The number of anilines is 1. The summed E-state index contributed by atoms with van der Waals surface area (Å²) in [6, 6.07) is 6.29. The van der Waals surface area contributed by atoms with Crippen LogP contribution >= 0.6 is 0 Å². The first kappa shape index (κ1) is 22.4. The smallest absolute Gasteiger partial charge is 0.483 e. The van der Waals surface area contributed by atoms with Gasteiger partial charge in [0.2, 0.25) is 0 Å². The lowest BCUT2D eigenvalue weighted by Crippen LogP contribution is -2.17. The Morgan fingerprint density at radius 1 is 1.24 bits per heavy atom. The number of aromatic amines is 1. The van der Waals surface area contributed by atoms with Crippen LogP contribution in [0.4, 0.5) is 19.0 Å². The summed E-state index contributed by atoms with van der Waals surface area (Å²) in [5, 5.41) is 7.48. The SMILES string of the molecule is Nc1nccn2c(C3CCCCC3)nc(-c3cc4cccc(OC(F)(F)F)c4[nH]3)c12.O=CO. The van der Waals surface area contributed by atoms with E-state index in [1.165, 1.54) is 18.6 Å². The second kappa shape index (κ2) is 9.00. The molecule has 3 aromatic heterocycles. The van der Waals surface area contributed by atoms with Gasteiger partial charge >= 0.3 is 6.36 Å². The van der Waals surface area contributed by atoms with Gasteiger partial charge in [0, 0.05) is 23.7 Å². The summed E-state index contributed by atoms with van der Waals surface area (Å²) < 4.78 is 44.5. The molecule has 8 nitrogen and oxygen atoms in total. The van der Waals surface area contributed by atoms with Crippen molar-refractivity contribution in [3.8, 4) is 17.1 Å². The largest absolute Gasteiger partial charge is 0.573 e. The first-order chi connectivity index (χ1) is 15.8. The van der Waals surface area contributed by atoms with Gasteiger partial charge in [0.25, 0.3) is 6.47 Å². The summed E-state index contributed by atoms with van der Waals surface area (Å²) in [6.07, 6.45) is 4.34. The zero-order valence-electron chi connectivity index (χ0n) is 17.5. The number of nitrogen functional groups attached to an aromatic ring is 1. The Hall–Kier alpha value is -3.76. The van der Waals surface area contributed by atoms with Crippen LogP contribution in [0.25, 0.3) is 27.8 Å². The molecule has 11 heteroatoms. The topological polar surface area (TPSA) is 119 Å². The highest BCUT2D eigenvalue weighted by molar-refractivity contribution is 5.93. The number of fused-ring (bicyclic) bond motifs is 2. The lowest BCUT2D eigenvalue weighted by atomic mass is 9.89. The number of rotatable bonds is 3. The van der Waals surface area contributed by atoms with Gasteiger partial charge in [0.15, 0.2) is 5.75 Å². The van der Waals surface area contributed by atoms with Gasteiger partial charge in [-0.15, -0.1) is 13.2 Å². The first-order valence-corrected chi connectivity index (χ1v) is 10.4. The van der Waals surface area contributed by atoms with E-state index in [1.54, 1.807) is 18.3 Å². The molecule has 5 rings (SSSR count). The average molecular weight is 461 g/mol. The number of nitrogens with zero attached hydrogens (tertiary/aromatic N) is 3. The third kappa shape index (κ3) is 4.57. The van der Waals surface area contributed by atoms with Crippen molar-refractivity contribution >= 4 is 28.7 Å². The van der Waals surface area contributed by atoms with Crippen molar-refractivity contribution in [1.29, 1.82) is 0 Å². The number of halogens is 3. The van der Waals surface area contributed by atoms with Crippen LogP contribution in [-0.4, -0.2) is 37.3 Å². The third-order valence-electron chi connectivity index (χ3n) is 5.68. The van der Waals surface area contributed by atoms with Crippen molar-refractivity contribution in [3.63, 3.8) is 0 Å². The van der Waals surface area contributed by atoms with E-state index in [2.05, 4.69) is 14.7 Å². The van der Waals surface area contributed by atoms with E-state index in [4.69, 9.17) is 20.6 Å². The molecule has 0 unspecified atom stereocenters. The summed E-state index contributed by atoms with van der Waals surface area (Å²) in [7, 11) is 0. The average Bonchev–Trinajstić information content (AvgIpc) is 3.37. The lowest BCUT2D eigenvalue weighted by Gasteiger charge is -2.20. The van der Waals surface area contributed by atoms with Crippen LogP contribution in [0.3, 0.4) is 0 Å². The number of nitrogens with two attached hydrogens (primary N) is 1. The van der Waals surface area contributed by atoms with Gasteiger partial charge < -0.3 is 20.6 Å². The number of para-hydroxylation sites is 1. The number of hydrogen-bond donors (Lipinski definition) is 3. The number of nitrogens with one attached hydrogen (secondary N) is 1. The fourth-order valence-corrected chi connectivity index (χ4v) is 4.39. The molecule has 3 heterocycles. The quantitative estimate of drug-likeness (QED) is 0.365. The molecule has 0 radical (unpaired) electrons. The summed E-state index contributed by atoms with van der Waals surface area (Å²) in [6.45, 7) is -0.250. The van der Waals surface area contributed by atoms with Gasteiger partial charge in [0.1, 0.15) is 22.9 Å². The zero-order valence-corrected chi connectivity index (χ0v) is 17.5. The maximum atomic E-state index is 12.8. The summed E-state index contributed by atoms with van der Waals surface area (Å²) in [5.74, 6) is 1.27. The Morgan fingerprint density at radius 3 is 2.67 bits per heavy atom. The molecule has 4 N–H and O–H groups in total. The minimum absolute atomic E-state index is 0.250. The second-order valence-corrected chi connectivity index (χ2v) is 7.74. The highest BCUT2D eigenvalue weighted by Crippen LogP contribution is 2.38.